The van der Waals surface area contributed by atoms with E-state index in [9.17, 15) is 4.79 Å². The summed E-state index contributed by atoms with van der Waals surface area (Å²) in [6.45, 7) is 5.01. The van der Waals surface area contributed by atoms with Crippen LogP contribution in [0.25, 0.3) is 10.2 Å². The fraction of sp³-hybridized carbons (Fsp3) is 0.263. The predicted octanol–water partition coefficient (Wildman–Crippen LogP) is 5.08. The number of thiazole rings is 1. The van der Waals surface area contributed by atoms with E-state index in [-0.39, 0.29) is 5.91 Å². The lowest BCUT2D eigenvalue weighted by atomic mass is 10.1. The molecule has 0 aliphatic carbocycles. The molecule has 0 saturated carbocycles. The molecule has 130 valence electrons. The van der Waals surface area contributed by atoms with Gasteiger partial charge in [0.15, 0.2) is 4.80 Å². The van der Waals surface area contributed by atoms with Crippen molar-refractivity contribution in [3.05, 3.63) is 62.9 Å². The van der Waals surface area contributed by atoms with Crippen LogP contribution in [0.3, 0.4) is 0 Å². The van der Waals surface area contributed by atoms with Crippen molar-refractivity contribution in [1.82, 2.24) is 4.57 Å². The van der Waals surface area contributed by atoms with Crippen LogP contribution in [0.4, 0.5) is 0 Å². The van der Waals surface area contributed by atoms with Crippen LogP contribution in [0, 0.1) is 13.8 Å². The topological polar surface area (TPSA) is 34.4 Å². The number of hydrogen-bond acceptors (Lipinski definition) is 3. The van der Waals surface area contributed by atoms with Crippen molar-refractivity contribution in [2.24, 2.45) is 4.99 Å². The van der Waals surface area contributed by atoms with Gasteiger partial charge in [-0.25, -0.2) is 0 Å². The summed E-state index contributed by atoms with van der Waals surface area (Å²) in [5.74, 6) is 0.663. The molecule has 25 heavy (non-hydrogen) atoms. The Morgan fingerprint density at radius 1 is 1.28 bits per heavy atom. The van der Waals surface area contributed by atoms with Crippen molar-refractivity contribution in [2.75, 3.05) is 12.0 Å². The number of amides is 1. The predicted molar refractivity (Wildman–Crippen MR) is 109 cm³/mol. The van der Waals surface area contributed by atoms with Crippen LogP contribution >= 0.6 is 34.7 Å². The first kappa shape index (κ1) is 18.2. The summed E-state index contributed by atoms with van der Waals surface area (Å²) in [5.41, 5.74) is 4.00. The van der Waals surface area contributed by atoms with E-state index in [4.69, 9.17) is 11.6 Å². The number of halogens is 1. The van der Waals surface area contributed by atoms with Gasteiger partial charge in [0, 0.05) is 12.3 Å². The van der Waals surface area contributed by atoms with E-state index < -0.39 is 0 Å². The van der Waals surface area contributed by atoms with Gasteiger partial charge >= 0.3 is 0 Å². The third-order valence-electron chi connectivity index (χ3n) is 3.93. The Labute approximate surface area is 160 Å². The summed E-state index contributed by atoms with van der Waals surface area (Å²) in [6.07, 6.45) is 2.08. The molecule has 3 rings (SSSR count). The molecule has 0 unspecified atom stereocenters. The molecular formula is C19H19ClN2OS2. The Morgan fingerprint density at radius 3 is 2.76 bits per heavy atom. The summed E-state index contributed by atoms with van der Waals surface area (Å²) < 4.78 is 3.32. The van der Waals surface area contributed by atoms with Gasteiger partial charge in [-0.2, -0.15) is 16.8 Å². The molecule has 0 bridgehead atoms. The van der Waals surface area contributed by atoms with Crippen molar-refractivity contribution in [3.8, 4) is 0 Å². The third kappa shape index (κ3) is 3.84. The Kier molecular flexibility index (Phi) is 5.67. The minimum absolute atomic E-state index is 0.301. The van der Waals surface area contributed by atoms with Gasteiger partial charge < -0.3 is 4.57 Å². The normalized spacial score (nSPS) is 12.1. The molecular weight excluding hydrogens is 372 g/mol. The zero-order valence-corrected chi connectivity index (χ0v) is 16.8. The van der Waals surface area contributed by atoms with E-state index in [2.05, 4.69) is 41.8 Å². The zero-order valence-electron chi connectivity index (χ0n) is 14.4. The molecule has 0 spiro atoms. The van der Waals surface area contributed by atoms with E-state index in [1.807, 2.05) is 6.07 Å². The van der Waals surface area contributed by atoms with Gasteiger partial charge in [-0.05, 0) is 49.4 Å². The zero-order chi connectivity index (χ0) is 18.0. The maximum Gasteiger partial charge on any atom is 0.281 e. The highest BCUT2D eigenvalue weighted by Crippen LogP contribution is 2.24. The average Bonchev–Trinajstić information content (AvgIpc) is 2.91. The molecule has 2 aromatic carbocycles. The Balaban J connectivity index is 2.19. The number of carbonyl (C=O) groups is 1. The molecule has 0 radical (unpaired) electrons. The molecule has 1 aromatic heterocycles. The number of thioether (sulfide) groups is 1. The second-order valence-electron chi connectivity index (χ2n) is 5.86. The van der Waals surface area contributed by atoms with Crippen LogP contribution in [-0.4, -0.2) is 22.5 Å². The lowest BCUT2D eigenvalue weighted by molar-refractivity contribution is 0.0998. The van der Waals surface area contributed by atoms with E-state index in [0.717, 1.165) is 22.6 Å². The summed E-state index contributed by atoms with van der Waals surface area (Å²) >= 11 is 9.49. The molecule has 0 aliphatic heterocycles. The second kappa shape index (κ2) is 7.77. The number of rotatable bonds is 4. The highest BCUT2D eigenvalue weighted by molar-refractivity contribution is 7.98. The van der Waals surface area contributed by atoms with Crippen molar-refractivity contribution >= 4 is 50.8 Å². The molecule has 3 nitrogen and oxygen atoms in total. The monoisotopic (exact) mass is 390 g/mol. The average molecular weight is 391 g/mol. The Bertz CT molecular complexity index is 1000. The minimum Gasteiger partial charge on any atom is -0.315 e. The molecule has 1 heterocycles. The largest absolute Gasteiger partial charge is 0.315 e. The first-order valence-electron chi connectivity index (χ1n) is 7.94. The van der Waals surface area contributed by atoms with Crippen LogP contribution < -0.4 is 4.80 Å². The van der Waals surface area contributed by atoms with Gasteiger partial charge in [-0.1, -0.05) is 41.1 Å². The number of aromatic nitrogens is 1. The lowest BCUT2D eigenvalue weighted by Crippen LogP contribution is -2.18. The molecule has 3 aromatic rings. The first-order valence-corrected chi connectivity index (χ1v) is 10.5. The van der Waals surface area contributed by atoms with Gasteiger partial charge in [0.25, 0.3) is 5.91 Å². The maximum absolute atomic E-state index is 12.6. The summed E-state index contributed by atoms with van der Waals surface area (Å²) in [7, 11) is 0. The number of carbonyl (C=O) groups excluding carboxylic acids is 1. The maximum atomic E-state index is 12.6. The fourth-order valence-electron chi connectivity index (χ4n) is 2.78. The molecule has 0 N–H and O–H groups in total. The van der Waals surface area contributed by atoms with Gasteiger partial charge in [0.2, 0.25) is 0 Å². The van der Waals surface area contributed by atoms with Crippen LogP contribution in [-0.2, 0) is 6.54 Å². The van der Waals surface area contributed by atoms with Gasteiger partial charge in [0.05, 0.1) is 20.8 Å². The molecule has 1 amide bonds. The van der Waals surface area contributed by atoms with Crippen molar-refractivity contribution in [1.29, 1.82) is 0 Å². The van der Waals surface area contributed by atoms with E-state index in [0.29, 0.717) is 10.6 Å². The lowest BCUT2D eigenvalue weighted by Gasteiger charge is -2.05. The van der Waals surface area contributed by atoms with E-state index in [1.54, 1.807) is 41.3 Å². The number of benzene rings is 2. The number of aryl methyl sites for hydroxylation is 3. The van der Waals surface area contributed by atoms with Gasteiger partial charge in [-0.15, -0.1) is 0 Å². The summed E-state index contributed by atoms with van der Waals surface area (Å²) in [6, 6.07) is 11.4. The third-order valence-corrected chi connectivity index (χ3v) is 6.08. The molecule has 0 fully saturated rings. The van der Waals surface area contributed by atoms with Crippen molar-refractivity contribution < 1.29 is 4.79 Å². The molecule has 0 atom stereocenters. The quantitative estimate of drug-likeness (QED) is 0.622. The van der Waals surface area contributed by atoms with Crippen LogP contribution in [0.1, 0.15) is 21.5 Å². The van der Waals surface area contributed by atoms with Crippen molar-refractivity contribution in [3.63, 3.8) is 0 Å². The summed E-state index contributed by atoms with van der Waals surface area (Å²) in [4.78, 5) is 17.8. The summed E-state index contributed by atoms with van der Waals surface area (Å²) in [5, 5.41) is 0.431. The van der Waals surface area contributed by atoms with Gasteiger partial charge in [0.1, 0.15) is 0 Å². The van der Waals surface area contributed by atoms with E-state index in [1.165, 1.54) is 15.8 Å². The number of nitrogens with zero attached hydrogens (tertiary/aromatic N) is 2. The molecule has 0 saturated heterocycles. The SMILES string of the molecule is CSCCn1c(=NC(=O)c2ccccc2Cl)sc2c(C)cc(C)cc21. The highest BCUT2D eigenvalue weighted by atomic mass is 35.5. The molecule has 6 heteroatoms. The standard InChI is InChI=1S/C19H19ClN2OS2/c1-12-10-13(2)17-16(11-12)22(8-9-24-3)19(25-17)21-18(23)14-6-4-5-7-15(14)20/h4-7,10-11H,8-9H2,1-3H3. The minimum atomic E-state index is -0.301. The Hall–Kier alpha value is -1.56. The Morgan fingerprint density at radius 2 is 2.04 bits per heavy atom. The van der Waals surface area contributed by atoms with Gasteiger partial charge in [-0.3, -0.25) is 4.79 Å². The van der Waals surface area contributed by atoms with E-state index >= 15 is 0 Å². The number of hydrogen-bond donors (Lipinski definition) is 0. The highest BCUT2D eigenvalue weighted by Gasteiger charge is 2.13. The van der Waals surface area contributed by atoms with Crippen LogP contribution in [0.15, 0.2) is 41.4 Å². The second-order valence-corrected chi connectivity index (χ2v) is 8.23. The smallest absolute Gasteiger partial charge is 0.281 e. The van der Waals surface area contributed by atoms with Crippen LogP contribution in [0.2, 0.25) is 5.02 Å². The first-order chi connectivity index (χ1) is 12.0. The molecule has 0 aliphatic rings. The van der Waals surface area contributed by atoms with Crippen molar-refractivity contribution in [2.45, 2.75) is 20.4 Å². The number of fused-ring (bicyclic) bond motifs is 1. The van der Waals surface area contributed by atoms with Crippen LogP contribution in [0.5, 0.6) is 0 Å². The fourth-order valence-corrected chi connectivity index (χ4v) is 4.46.